The number of carbonyl (C=O) groups excluding carboxylic acids is 2. The number of amides is 2. The van der Waals surface area contributed by atoms with Gasteiger partial charge in [0.1, 0.15) is 0 Å². The zero-order valence-electron chi connectivity index (χ0n) is 16.1. The van der Waals surface area contributed by atoms with Crippen molar-refractivity contribution in [1.82, 2.24) is 4.90 Å². The van der Waals surface area contributed by atoms with E-state index in [1.807, 2.05) is 0 Å². The Bertz CT molecular complexity index is 304. The van der Waals surface area contributed by atoms with Gasteiger partial charge in [-0.15, -0.1) is 0 Å². The van der Waals surface area contributed by atoms with Crippen LogP contribution in [0.3, 0.4) is 0 Å². The SMILES string of the molecule is CCCCCCCCCCCCCCCC(O)C(CO)N(C=O)C=O. The summed E-state index contributed by atoms with van der Waals surface area (Å²) in [6, 6.07) is -0.827. The summed E-state index contributed by atoms with van der Waals surface area (Å²) < 4.78 is 0. The third kappa shape index (κ3) is 13.0. The molecule has 5 heteroatoms. The van der Waals surface area contributed by atoms with Crippen LogP contribution in [-0.4, -0.2) is 46.7 Å². The van der Waals surface area contributed by atoms with Crippen molar-refractivity contribution in [3.8, 4) is 0 Å². The molecule has 0 aromatic heterocycles. The molecule has 5 nitrogen and oxygen atoms in total. The highest BCUT2D eigenvalue weighted by Crippen LogP contribution is 2.14. The predicted molar refractivity (Wildman–Crippen MR) is 101 cm³/mol. The van der Waals surface area contributed by atoms with Crippen LogP contribution in [0, 0.1) is 0 Å². The number of carbonyl (C=O) groups is 2. The molecule has 2 atom stereocenters. The molecule has 0 heterocycles. The van der Waals surface area contributed by atoms with Crippen molar-refractivity contribution in [3.05, 3.63) is 0 Å². The van der Waals surface area contributed by atoms with Crippen LogP contribution in [0.5, 0.6) is 0 Å². The summed E-state index contributed by atoms with van der Waals surface area (Å²) in [7, 11) is 0. The monoisotopic (exact) mass is 357 g/mol. The van der Waals surface area contributed by atoms with Gasteiger partial charge in [0.25, 0.3) is 0 Å². The Balaban J connectivity index is 3.48. The van der Waals surface area contributed by atoms with E-state index in [4.69, 9.17) is 0 Å². The smallest absolute Gasteiger partial charge is 0.216 e. The van der Waals surface area contributed by atoms with Crippen LogP contribution in [0.15, 0.2) is 0 Å². The standard InChI is InChI=1S/C20H39NO4/c1-2-3-4-5-6-7-8-9-10-11-12-13-14-15-20(25)19(16-22)21(17-23)18-24/h17-20,22,25H,2-16H2,1H3. The lowest BCUT2D eigenvalue weighted by Gasteiger charge is -2.26. The van der Waals surface area contributed by atoms with Gasteiger partial charge in [-0.3, -0.25) is 14.5 Å². The number of imide groups is 1. The zero-order valence-corrected chi connectivity index (χ0v) is 16.1. The van der Waals surface area contributed by atoms with Gasteiger partial charge in [0.05, 0.1) is 18.8 Å². The summed E-state index contributed by atoms with van der Waals surface area (Å²) in [5.41, 5.74) is 0. The van der Waals surface area contributed by atoms with Gasteiger partial charge in [-0.1, -0.05) is 90.4 Å². The second-order valence-corrected chi connectivity index (χ2v) is 7.01. The van der Waals surface area contributed by atoms with Crippen LogP contribution in [0.4, 0.5) is 0 Å². The lowest BCUT2D eigenvalue weighted by Crippen LogP contribution is -2.44. The van der Waals surface area contributed by atoms with Gasteiger partial charge in [-0.2, -0.15) is 0 Å². The minimum absolute atomic E-state index is 0.348. The average molecular weight is 358 g/mol. The van der Waals surface area contributed by atoms with Gasteiger partial charge in [0.2, 0.25) is 12.8 Å². The maximum absolute atomic E-state index is 10.7. The molecule has 0 radical (unpaired) electrons. The Morgan fingerprint density at radius 1 is 0.760 bits per heavy atom. The largest absolute Gasteiger partial charge is 0.394 e. The lowest BCUT2D eigenvalue weighted by molar-refractivity contribution is -0.136. The first-order valence-electron chi connectivity index (χ1n) is 10.2. The topological polar surface area (TPSA) is 77.8 Å². The highest BCUT2D eigenvalue weighted by atomic mass is 16.3. The molecule has 0 saturated heterocycles. The van der Waals surface area contributed by atoms with Crippen molar-refractivity contribution >= 4 is 12.8 Å². The van der Waals surface area contributed by atoms with Crippen LogP contribution in [0.25, 0.3) is 0 Å². The second-order valence-electron chi connectivity index (χ2n) is 7.01. The molecule has 0 saturated carbocycles. The number of hydrogen-bond acceptors (Lipinski definition) is 4. The average Bonchev–Trinajstić information content (AvgIpc) is 2.63. The van der Waals surface area contributed by atoms with E-state index in [-0.39, 0.29) is 0 Å². The molecular weight excluding hydrogens is 318 g/mol. The van der Waals surface area contributed by atoms with E-state index in [1.54, 1.807) is 0 Å². The molecule has 0 aliphatic carbocycles. The molecule has 0 aromatic rings. The fourth-order valence-electron chi connectivity index (χ4n) is 3.16. The molecule has 2 N–H and O–H groups in total. The third-order valence-electron chi connectivity index (χ3n) is 4.86. The summed E-state index contributed by atoms with van der Waals surface area (Å²) in [5, 5.41) is 19.2. The molecule has 0 fully saturated rings. The molecule has 25 heavy (non-hydrogen) atoms. The van der Waals surface area contributed by atoms with E-state index in [1.165, 1.54) is 64.2 Å². The second kappa shape index (κ2) is 17.9. The Hall–Kier alpha value is -0.940. The maximum Gasteiger partial charge on any atom is 0.216 e. The highest BCUT2D eigenvalue weighted by molar-refractivity contribution is 5.69. The van der Waals surface area contributed by atoms with E-state index < -0.39 is 18.8 Å². The summed E-state index contributed by atoms with van der Waals surface area (Å²) >= 11 is 0. The summed E-state index contributed by atoms with van der Waals surface area (Å²) in [6.07, 6.45) is 16.7. The van der Waals surface area contributed by atoms with Crippen molar-refractivity contribution in [3.63, 3.8) is 0 Å². The molecule has 0 aliphatic heterocycles. The van der Waals surface area contributed by atoms with Crippen molar-refractivity contribution in [2.24, 2.45) is 0 Å². The van der Waals surface area contributed by atoms with Gasteiger partial charge >= 0.3 is 0 Å². The van der Waals surface area contributed by atoms with Gasteiger partial charge in [0.15, 0.2) is 0 Å². The summed E-state index contributed by atoms with van der Waals surface area (Å²) in [5.74, 6) is 0. The molecule has 148 valence electrons. The molecule has 2 unspecified atom stereocenters. The van der Waals surface area contributed by atoms with E-state index in [0.29, 0.717) is 19.2 Å². The highest BCUT2D eigenvalue weighted by Gasteiger charge is 2.23. The van der Waals surface area contributed by atoms with Crippen LogP contribution < -0.4 is 0 Å². The van der Waals surface area contributed by atoms with Crippen LogP contribution in [-0.2, 0) is 9.59 Å². The van der Waals surface area contributed by atoms with E-state index in [2.05, 4.69) is 6.92 Å². The summed E-state index contributed by atoms with van der Waals surface area (Å²) in [4.78, 5) is 22.2. The first-order valence-corrected chi connectivity index (χ1v) is 10.2. The first kappa shape index (κ1) is 24.1. The van der Waals surface area contributed by atoms with E-state index in [9.17, 15) is 19.8 Å². The van der Waals surface area contributed by atoms with Crippen LogP contribution >= 0.6 is 0 Å². The number of hydrogen-bond donors (Lipinski definition) is 2. The number of aliphatic hydroxyl groups is 2. The minimum Gasteiger partial charge on any atom is -0.394 e. The number of nitrogens with zero attached hydrogens (tertiary/aromatic N) is 1. The molecular formula is C20H39NO4. The van der Waals surface area contributed by atoms with Gasteiger partial charge in [0, 0.05) is 0 Å². The molecule has 0 aromatic carbocycles. The van der Waals surface area contributed by atoms with Crippen molar-refractivity contribution in [2.75, 3.05) is 6.61 Å². The minimum atomic E-state index is -0.854. The fourth-order valence-corrected chi connectivity index (χ4v) is 3.16. The van der Waals surface area contributed by atoms with E-state index in [0.717, 1.165) is 24.2 Å². The van der Waals surface area contributed by atoms with Crippen LogP contribution in [0.2, 0.25) is 0 Å². The molecule has 2 amide bonds. The molecule has 0 aliphatic rings. The third-order valence-corrected chi connectivity index (χ3v) is 4.86. The number of rotatable bonds is 19. The molecule has 0 spiro atoms. The maximum atomic E-state index is 10.7. The predicted octanol–water partition coefficient (Wildman–Crippen LogP) is 3.80. The fraction of sp³-hybridized carbons (Fsp3) is 0.900. The van der Waals surface area contributed by atoms with Gasteiger partial charge < -0.3 is 10.2 Å². The van der Waals surface area contributed by atoms with Crippen molar-refractivity contribution in [1.29, 1.82) is 0 Å². The first-order chi connectivity index (χ1) is 12.2. The lowest BCUT2D eigenvalue weighted by atomic mass is 10.0. The summed E-state index contributed by atoms with van der Waals surface area (Å²) in [6.45, 7) is 1.84. The van der Waals surface area contributed by atoms with Gasteiger partial charge in [-0.25, -0.2) is 0 Å². The zero-order chi connectivity index (χ0) is 18.8. The Morgan fingerprint density at radius 3 is 1.52 bits per heavy atom. The van der Waals surface area contributed by atoms with Crippen molar-refractivity contribution in [2.45, 2.75) is 109 Å². The Morgan fingerprint density at radius 2 is 1.16 bits per heavy atom. The Labute approximate surface area is 153 Å². The van der Waals surface area contributed by atoms with Crippen LogP contribution in [0.1, 0.15) is 96.8 Å². The van der Waals surface area contributed by atoms with Crippen molar-refractivity contribution < 1.29 is 19.8 Å². The number of unbranched alkanes of at least 4 members (excludes halogenated alkanes) is 12. The number of aliphatic hydroxyl groups excluding tert-OH is 2. The molecule has 0 bridgehead atoms. The van der Waals surface area contributed by atoms with E-state index >= 15 is 0 Å². The normalized spacial score (nSPS) is 13.4. The molecule has 0 rings (SSSR count). The van der Waals surface area contributed by atoms with Gasteiger partial charge in [-0.05, 0) is 6.42 Å². The quantitative estimate of drug-likeness (QED) is 0.272. The Kier molecular flexibility index (Phi) is 17.2.